The average molecular weight is 244 g/mol. The van der Waals surface area contributed by atoms with E-state index in [1.165, 1.54) is 5.56 Å². The monoisotopic (exact) mass is 244 g/mol. The number of imidazole rings is 1. The van der Waals surface area contributed by atoms with E-state index in [0.29, 0.717) is 6.79 Å². The highest BCUT2D eigenvalue weighted by Gasteiger charge is 2.12. The average Bonchev–Trinajstić information content (AvgIpc) is 2.97. The van der Waals surface area contributed by atoms with Gasteiger partial charge in [-0.1, -0.05) is 6.07 Å². The number of fused-ring (bicyclic) bond motifs is 1. The second-order valence-electron chi connectivity index (χ2n) is 4.57. The number of benzene rings is 1. The van der Waals surface area contributed by atoms with Crippen LogP contribution in [0.5, 0.6) is 11.5 Å². The summed E-state index contributed by atoms with van der Waals surface area (Å²) in [7, 11) is 1.99. The Balaban J connectivity index is 1.57. The van der Waals surface area contributed by atoms with Crippen molar-refractivity contribution in [1.29, 1.82) is 0 Å². The molecule has 2 aromatic rings. The SMILES string of the molecule is Cn1cnc(CCCc2ccc3c(c2)OCO3)c1. The minimum atomic E-state index is 0.340. The number of rotatable bonds is 4. The summed E-state index contributed by atoms with van der Waals surface area (Å²) < 4.78 is 12.6. The van der Waals surface area contributed by atoms with Crippen molar-refractivity contribution in [2.75, 3.05) is 6.79 Å². The van der Waals surface area contributed by atoms with Gasteiger partial charge in [-0.2, -0.15) is 0 Å². The van der Waals surface area contributed by atoms with Crippen LogP contribution in [0.1, 0.15) is 17.7 Å². The molecule has 0 N–H and O–H groups in total. The van der Waals surface area contributed by atoms with Crippen LogP contribution in [0.25, 0.3) is 0 Å². The molecule has 0 saturated carbocycles. The van der Waals surface area contributed by atoms with Crippen LogP contribution < -0.4 is 9.47 Å². The van der Waals surface area contributed by atoms with Crippen LogP contribution in [0.3, 0.4) is 0 Å². The normalized spacial score (nSPS) is 12.9. The number of hydrogen-bond acceptors (Lipinski definition) is 3. The standard InChI is InChI=1S/C14H16N2O2/c1-16-8-12(15-9-16)4-2-3-11-5-6-13-14(7-11)18-10-17-13/h5-9H,2-4,10H2,1H3. The summed E-state index contributed by atoms with van der Waals surface area (Å²) in [6, 6.07) is 6.16. The molecular formula is C14H16N2O2. The highest BCUT2D eigenvalue weighted by atomic mass is 16.7. The van der Waals surface area contributed by atoms with Gasteiger partial charge in [0.2, 0.25) is 6.79 Å². The lowest BCUT2D eigenvalue weighted by Crippen LogP contribution is -1.93. The van der Waals surface area contributed by atoms with Crippen LogP contribution in [0.15, 0.2) is 30.7 Å². The quantitative estimate of drug-likeness (QED) is 0.828. The zero-order chi connectivity index (χ0) is 12.4. The van der Waals surface area contributed by atoms with Gasteiger partial charge in [-0.15, -0.1) is 0 Å². The van der Waals surface area contributed by atoms with Crippen LogP contribution in [-0.2, 0) is 19.9 Å². The molecule has 1 aliphatic heterocycles. The molecule has 0 unspecified atom stereocenters. The van der Waals surface area contributed by atoms with Crippen molar-refractivity contribution < 1.29 is 9.47 Å². The van der Waals surface area contributed by atoms with E-state index in [1.54, 1.807) is 0 Å². The Morgan fingerprint density at radius 3 is 2.94 bits per heavy atom. The second kappa shape index (κ2) is 4.72. The minimum absolute atomic E-state index is 0.340. The predicted molar refractivity (Wildman–Crippen MR) is 67.8 cm³/mol. The van der Waals surface area contributed by atoms with Crippen LogP contribution >= 0.6 is 0 Å². The second-order valence-corrected chi connectivity index (χ2v) is 4.57. The van der Waals surface area contributed by atoms with Crippen molar-refractivity contribution in [2.24, 2.45) is 7.05 Å². The molecule has 0 aliphatic carbocycles. The molecule has 0 saturated heterocycles. The Morgan fingerprint density at radius 1 is 1.22 bits per heavy atom. The maximum atomic E-state index is 5.37. The molecule has 0 bridgehead atoms. The van der Waals surface area contributed by atoms with Gasteiger partial charge in [-0.3, -0.25) is 0 Å². The molecule has 0 amide bonds. The zero-order valence-corrected chi connectivity index (χ0v) is 10.4. The first-order valence-corrected chi connectivity index (χ1v) is 6.16. The molecule has 2 heterocycles. The van der Waals surface area contributed by atoms with E-state index in [1.807, 2.05) is 24.0 Å². The van der Waals surface area contributed by atoms with E-state index >= 15 is 0 Å². The molecule has 0 fully saturated rings. The zero-order valence-electron chi connectivity index (χ0n) is 10.4. The minimum Gasteiger partial charge on any atom is -0.454 e. The van der Waals surface area contributed by atoms with Crippen molar-refractivity contribution >= 4 is 0 Å². The molecule has 18 heavy (non-hydrogen) atoms. The van der Waals surface area contributed by atoms with Crippen molar-refractivity contribution in [1.82, 2.24) is 9.55 Å². The predicted octanol–water partition coefficient (Wildman–Crippen LogP) is 2.32. The highest BCUT2D eigenvalue weighted by Crippen LogP contribution is 2.32. The largest absolute Gasteiger partial charge is 0.454 e. The molecular weight excluding hydrogens is 228 g/mol. The molecule has 1 aromatic carbocycles. The van der Waals surface area contributed by atoms with E-state index in [-0.39, 0.29) is 0 Å². The molecule has 0 atom stereocenters. The Hall–Kier alpha value is -1.97. The summed E-state index contributed by atoms with van der Waals surface area (Å²) in [6.07, 6.45) is 7.05. The number of nitrogens with zero attached hydrogens (tertiary/aromatic N) is 2. The van der Waals surface area contributed by atoms with Crippen LogP contribution in [0.4, 0.5) is 0 Å². The van der Waals surface area contributed by atoms with Gasteiger partial charge in [-0.05, 0) is 37.0 Å². The third-order valence-corrected chi connectivity index (χ3v) is 3.09. The molecule has 94 valence electrons. The molecule has 3 rings (SSSR count). The Kier molecular flexibility index (Phi) is 2.92. The van der Waals surface area contributed by atoms with Gasteiger partial charge in [-0.25, -0.2) is 4.98 Å². The van der Waals surface area contributed by atoms with Crippen molar-refractivity contribution in [3.05, 3.63) is 42.0 Å². The van der Waals surface area contributed by atoms with Crippen molar-refractivity contribution in [3.8, 4) is 11.5 Å². The molecule has 0 spiro atoms. The fourth-order valence-corrected chi connectivity index (χ4v) is 2.17. The summed E-state index contributed by atoms with van der Waals surface area (Å²) in [5, 5.41) is 0. The van der Waals surface area contributed by atoms with Gasteiger partial charge >= 0.3 is 0 Å². The summed E-state index contributed by atoms with van der Waals surface area (Å²) in [4.78, 5) is 4.32. The topological polar surface area (TPSA) is 36.3 Å². The van der Waals surface area contributed by atoms with E-state index in [4.69, 9.17) is 9.47 Å². The van der Waals surface area contributed by atoms with Gasteiger partial charge in [0.05, 0.1) is 12.0 Å². The first-order valence-electron chi connectivity index (χ1n) is 6.16. The smallest absolute Gasteiger partial charge is 0.231 e. The Morgan fingerprint density at radius 2 is 2.11 bits per heavy atom. The molecule has 4 heteroatoms. The number of aryl methyl sites for hydroxylation is 3. The van der Waals surface area contributed by atoms with Gasteiger partial charge in [0, 0.05) is 13.2 Å². The van der Waals surface area contributed by atoms with Crippen LogP contribution in [-0.4, -0.2) is 16.3 Å². The third-order valence-electron chi connectivity index (χ3n) is 3.09. The van der Waals surface area contributed by atoms with Crippen LogP contribution in [0, 0.1) is 0 Å². The van der Waals surface area contributed by atoms with E-state index in [9.17, 15) is 0 Å². The Bertz CT molecular complexity index is 548. The molecule has 1 aliphatic rings. The molecule has 4 nitrogen and oxygen atoms in total. The highest BCUT2D eigenvalue weighted by molar-refractivity contribution is 5.44. The molecule has 1 aromatic heterocycles. The fourth-order valence-electron chi connectivity index (χ4n) is 2.17. The maximum Gasteiger partial charge on any atom is 0.231 e. The van der Waals surface area contributed by atoms with Crippen LogP contribution in [0.2, 0.25) is 0 Å². The van der Waals surface area contributed by atoms with E-state index < -0.39 is 0 Å². The first kappa shape index (κ1) is 11.1. The van der Waals surface area contributed by atoms with Gasteiger partial charge in [0.1, 0.15) is 0 Å². The van der Waals surface area contributed by atoms with Gasteiger partial charge in [0.15, 0.2) is 11.5 Å². The summed E-state index contributed by atoms with van der Waals surface area (Å²) >= 11 is 0. The summed E-state index contributed by atoms with van der Waals surface area (Å²) in [5.41, 5.74) is 2.44. The first-order chi connectivity index (χ1) is 8.81. The number of aromatic nitrogens is 2. The lowest BCUT2D eigenvalue weighted by molar-refractivity contribution is 0.174. The molecule has 0 radical (unpaired) electrons. The van der Waals surface area contributed by atoms with Crippen molar-refractivity contribution in [3.63, 3.8) is 0 Å². The number of hydrogen-bond donors (Lipinski definition) is 0. The Labute approximate surface area is 106 Å². The summed E-state index contributed by atoms with van der Waals surface area (Å²) in [6.45, 7) is 0.340. The number of ether oxygens (including phenoxy) is 2. The van der Waals surface area contributed by atoms with Gasteiger partial charge < -0.3 is 14.0 Å². The van der Waals surface area contributed by atoms with E-state index in [0.717, 1.165) is 36.5 Å². The third kappa shape index (κ3) is 2.32. The lowest BCUT2D eigenvalue weighted by Gasteiger charge is -2.02. The van der Waals surface area contributed by atoms with Crippen molar-refractivity contribution in [2.45, 2.75) is 19.3 Å². The summed E-state index contributed by atoms with van der Waals surface area (Å²) in [5.74, 6) is 1.72. The lowest BCUT2D eigenvalue weighted by atomic mass is 10.1. The van der Waals surface area contributed by atoms with E-state index in [2.05, 4.69) is 23.3 Å². The fraction of sp³-hybridized carbons (Fsp3) is 0.357. The van der Waals surface area contributed by atoms with Gasteiger partial charge in [0.25, 0.3) is 0 Å². The maximum absolute atomic E-state index is 5.37.